The number of nitrogens with two attached hydrogens (primary N) is 1. The van der Waals surface area contributed by atoms with Crippen molar-refractivity contribution in [1.82, 2.24) is 9.88 Å². The van der Waals surface area contributed by atoms with Crippen LogP contribution in [-0.4, -0.2) is 27.4 Å². The van der Waals surface area contributed by atoms with Gasteiger partial charge >= 0.3 is 0 Å². The SMILES string of the molecule is Cc1cc(Br)cnc1C(CCN(C(=O)c1ccccc1)C(N)=S)c1ccc(F)cc1. The van der Waals surface area contributed by atoms with Crippen LogP contribution in [-0.2, 0) is 0 Å². The van der Waals surface area contributed by atoms with Crippen LogP contribution in [0, 0.1) is 12.7 Å². The molecule has 1 heterocycles. The summed E-state index contributed by atoms with van der Waals surface area (Å²) in [6, 6.07) is 17.2. The molecule has 0 fully saturated rings. The van der Waals surface area contributed by atoms with Crippen molar-refractivity contribution in [1.29, 1.82) is 0 Å². The van der Waals surface area contributed by atoms with Crippen LogP contribution in [0.2, 0.25) is 0 Å². The zero-order valence-electron chi connectivity index (χ0n) is 16.4. The Morgan fingerprint density at radius 2 is 1.87 bits per heavy atom. The molecule has 3 rings (SSSR count). The minimum atomic E-state index is -0.304. The van der Waals surface area contributed by atoms with Crippen LogP contribution in [0.5, 0.6) is 0 Å². The number of carbonyl (C=O) groups is 1. The number of aryl methyl sites for hydroxylation is 1. The second-order valence-electron chi connectivity index (χ2n) is 6.91. The summed E-state index contributed by atoms with van der Waals surface area (Å²) in [7, 11) is 0. The molecule has 4 nitrogen and oxygen atoms in total. The van der Waals surface area contributed by atoms with Crippen molar-refractivity contribution < 1.29 is 9.18 Å². The number of aromatic nitrogens is 1. The first-order valence-electron chi connectivity index (χ1n) is 9.40. The van der Waals surface area contributed by atoms with Crippen molar-refractivity contribution in [3.63, 3.8) is 0 Å². The molecule has 1 unspecified atom stereocenters. The van der Waals surface area contributed by atoms with Crippen molar-refractivity contribution in [2.45, 2.75) is 19.3 Å². The van der Waals surface area contributed by atoms with Crippen LogP contribution in [0.1, 0.15) is 39.5 Å². The van der Waals surface area contributed by atoms with Gasteiger partial charge in [-0.25, -0.2) is 4.39 Å². The monoisotopic (exact) mass is 485 g/mol. The average molecular weight is 486 g/mol. The summed E-state index contributed by atoms with van der Waals surface area (Å²) >= 11 is 8.59. The highest BCUT2D eigenvalue weighted by atomic mass is 79.9. The molecule has 3 aromatic rings. The quantitative estimate of drug-likeness (QED) is 0.487. The van der Waals surface area contributed by atoms with Crippen LogP contribution in [0.3, 0.4) is 0 Å². The lowest BCUT2D eigenvalue weighted by Gasteiger charge is -2.25. The lowest BCUT2D eigenvalue weighted by Crippen LogP contribution is -2.41. The first-order chi connectivity index (χ1) is 14.4. The molecule has 30 heavy (non-hydrogen) atoms. The molecule has 0 spiro atoms. The van der Waals surface area contributed by atoms with Crippen LogP contribution < -0.4 is 5.73 Å². The van der Waals surface area contributed by atoms with Gasteiger partial charge in [0.25, 0.3) is 5.91 Å². The Morgan fingerprint density at radius 1 is 1.20 bits per heavy atom. The largest absolute Gasteiger partial charge is 0.376 e. The minimum absolute atomic E-state index is 0.0159. The van der Waals surface area contributed by atoms with E-state index >= 15 is 0 Å². The predicted molar refractivity (Wildman–Crippen MR) is 124 cm³/mol. The maximum Gasteiger partial charge on any atom is 0.260 e. The summed E-state index contributed by atoms with van der Waals surface area (Å²) in [4.78, 5) is 18.9. The summed E-state index contributed by atoms with van der Waals surface area (Å²) in [5, 5.41) is 0.0159. The third kappa shape index (κ3) is 5.29. The first-order valence-corrected chi connectivity index (χ1v) is 10.6. The number of thiocarbonyl (C=S) groups is 1. The highest BCUT2D eigenvalue weighted by Gasteiger charge is 2.23. The van der Waals surface area contributed by atoms with E-state index in [2.05, 4.69) is 20.9 Å². The number of rotatable bonds is 6. The van der Waals surface area contributed by atoms with E-state index in [1.54, 1.807) is 42.6 Å². The van der Waals surface area contributed by atoms with E-state index in [1.807, 2.05) is 19.1 Å². The Bertz CT molecular complexity index is 1040. The topological polar surface area (TPSA) is 59.2 Å². The summed E-state index contributed by atoms with van der Waals surface area (Å²) in [5.74, 6) is -0.706. The van der Waals surface area contributed by atoms with Crippen molar-refractivity contribution >= 4 is 39.2 Å². The van der Waals surface area contributed by atoms with Crippen LogP contribution in [0.15, 0.2) is 71.3 Å². The summed E-state index contributed by atoms with van der Waals surface area (Å²) in [6.45, 7) is 2.28. The van der Waals surface area contributed by atoms with Crippen molar-refractivity contribution in [3.05, 3.63) is 99.5 Å². The normalized spacial score (nSPS) is 11.7. The van der Waals surface area contributed by atoms with Crippen LogP contribution in [0.4, 0.5) is 4.39 Å². The van der Waals surface area contributed by atoms with E-state index in [0.29, 0.717) is 18.5 Å². The molecule has 0 aliphatic heterocycles. The van der Waals surface area contributed by atoms with Gasteiger partial charge in [-0.3, -0.25) is 14.7 Å². The highest BCUT2D eigenvalue weighted by molar-refractivity contribution is 9.10. The molecule has 0 aliphatic carbocycles. The van der Waals surface area contributed by atoms with Gasteiger partial charge in [0.2, 0.25) is 0 Å². The fraction of sp³-hybridized carbons (Fsp3) is 0.174. The minimum Gasteiger partial charge on any atom is -0.376 e. The molecule has 1 atom stereocenters. The summed E-state index contributed by atoms with van der Waals surface area (Å²) in [6.07, 6.45) is 2.26. The van der Waals surface area contributed by atoms with Crippen LogP contribution >= 0.6 is 28.1 Å². The summed E-state index contributed by atoms with van der Waals surface area (Å²) in [5.41, 5.74) is 9.15. The fourth-order valence-electron chi connectivity index (χ4n) is 3.38. The van der Waals surface area contributed by atoms with Gasteiger partial charge in [-0.1, -0.05) is 30.3 Å². The number of amides is 1. The van der Waals surface area contributed by atoms with Gasteiger partial charge < -0.3 is 5.73 Å². The number of carbonyl (C=O) groups excluding carboxylic acids is 1. The van der Waals surface area contributed by atoms with Gasteiger partial charge in [-0.15, -0.1) is 0 Å². The molecule has 0 saturated carbocycles. The zero-order chi connectivity index (χ0) is 21.7. The lowest BCUT2D eigenvalue weighted by molar-refractivity contribution is 0.0846. The van der Waals surface area contributed by atoms with Gasteiger partial charge in [0.15, 0.2) is 5.11 Å². The fourth-order valence-corrected chi connectivity index (χ4v) is 4.00. The number of hydrogen-bond donors (Lipinski definition) is 1. The van der Waals surface area contributed by atoms with E-state index < -0.39 is 0 Å². The molecule has 2 aromatic carbocycles. The molecular weight excluding hydrogens is 465 g/mol. The van der Waals surface area contributed by atoms with Gasteiger partial charge in [-0.2, -0.15) is 0 Å². The molecule has 7 heteroatoms. The molecule has 0 bridgehead atoms. The van der Waals surface area contributed by atoms with Gasteiger partial charge in [0.1, 0.15) is 5.82 Å². The smallest absolute Gasteiger partial charge is 0.260 e. The predicted octanol–water partition coefficient (Wildman–Crippen LogP) is 5.20. The molecule has 0 radical (unpaired) electrons. The molecule has 0 saturated heterocycles. The van der Waals surface area contributed by atoms with Crippen molar-refractivity contribution in [3.8, 4) is 0 Å². The van der Waals surface area contributed by atoms with E-state index in [-0.39, 0.29) is 22.8 Å². The van der Waals surface area contributed by atoms with E-state index in [4.69, 9.17) is 18.0 Å². The van der Waals surface area contributed by atoms with Crippen molar-refractivity contribution in [2.24, 2.45) is 5.73 Å². The lowest BCUT2D eigenvalue weighted by atomic mass is 9.89. The Kier molecular flexibility index (Phi) is 7.29. The van der Waals surface area contributed by atoms with Gasteiger partial charge in [0, 0.05) is 28.7 Å². The highest BCUT2D eigenvalue weighted by Crippen LogP contribution is 2.30. The van der Waals surface area contributed by atoms with Gasteiger partial charge in [-0.05, 0) is 83.0 Å². The maximum atomic E-state index is 13.5. The Balaban J connectivity index is 1.91. The Labute approximate surface area is 189 Å². The number of nitrogens with zero attached hydrogens (tertiary/aromatic N) is 2. The second-order valence-corrected chi connectivity index (χ2v) is 8.24. The number of pyridine rings is 1. The zero-order valence-corrected chi connectivity index (χ0v) is 18.8. The second kappa shape index (κ2) is 9.91. The summed E-state index contributed by atoms with van der Waals surface area (Å²) < 4.78 is 14.4. The number of benzene rings is 2. The van der Waals surface area contributed by atoms with Crippen LogP contribution in [0.25, 0.3) is 0 Å². The standard InChI is InChI=1S/C23H21BrFN3OS/c1-15-13-18(24)14-27-21(15)20(16-7-9-19(25)10-8-16)11-12-28(23(26)30)22(29)17-5-3-2-4-6-17/h2-10,13-14,20H,11-12H2,1H3,(H2,26,30). The van der Waals surface area contributed by atoms with Gasteiger partial charge in [0.05, 0.1) is 5.69 Å². The molecule has 1 amide bonds. The maximum absolute atomic E-state index is 13.5. The Morgan fingerprint density at radius 3 is 2.47 bits per heavy atom. The Hall–Kier alpha value is -2.64. The molecular formula is C23H21BrFN3OS. The average Bonchev–Trinajstić information content (AvgIpc) is 2.73. The van der Waals surface area contributed by atoms with E-state index in [1.165, 1.54) is 17.0 Å². The molecule has 0 aliphatic rings. The van der Waals surface area contributed by atoms with E-state index in [0.717, 1.165) is 21.3 Å². The first kappa shape index (κ1) is 22.1. The number of hydrogen-bond acceptors (Lipinski definition) is 3. The van der Waals surface area contributed by atoms with Crippen molar-refractivity contribution in [2.75, 3.05) is 6.54 Å². The third-order valence-corrected chi connectivity index (χ3v) is 5.52. The third-order valence-electron chi connectivity index (χ3n) is 4.86. The molecule has 2 N–H and O–H groups in total. The number of halogens is 2. The molecule has 1 aromatic heterocycles. The van der Waals surface area contributed by atoms with E-state index in [9.17, 15) is 9.18 Å². The molecule has 154 valence electrons.